The van der Waals surface area contributed by atoms with Crippen molar-refractivity contribution in [2.45, 2.75) is 44.6 Å². The van der Waals surface area contributed by atoms with Gasteiger partial charge < -0.3 is 15.0 Å². The van der Waals surface area contributed by atoms with E-state index in [2.05, 4.69) is 15.6 Å². The van der Waals surface area contributed by atoms with Gasteiger partial charge in [-0.3, -0.25) is 9.59 Å². The third-order valence-electron chi connectivity index (χ3n) is 4.55. The third-order valence-corrected chi connectivity index (χ3v) is 4.55. The Labute approximate surface area is 135 Å². The summed E-state index contributed by atoms with van der Waals surface area (Å²) >= 11 is 0. The van der Waals surface area contributed by atoms with E-state index in [4.69, 9.17) is 0 Å². The quantitative estimate of drug-likeness (QED) is 0.907. The average molecular weight is 314 g/mol. The number of rotatable bonds is 3. The minimum absolute atomic E-state index is 0.120. The van der Waals surface area contributed by atoms with Gasteiger partial charge in [0.2, 0.25) is 5.91 Å². The summed E-state index contributed by atoms with van der Waals surface area (Å²) in [7, 11) is 1.61. The highest BCUT2D eigenvalue weighted by molar-refractivity contribution is 5.98. The minimum Gasteiger partial charge on any atom is -0.357 e. The summed E-state index contributed by atoms with van der Waals surface area (Å²) < 4.78 is 1.83. The van der Waals surface area contributed by atoms with Crippen molar-refractivity contribution in [3.8, 4) is 0 Å². The van der Waals surface area contributed by atoms with Crippen LogP contribution < -0.4 is 10.6 Å². The molecule has 23 heavy (non-hydrogen) atoms. The summed E-state index contributed by atoms with van der Waals surface area (Å²) in [6, 6.07) is 3.83. The number of amides is 2. The Kier molecular flexibility index (Phi) is 4.07. The Morgan fingerprint density at radius 1 is 1.17 bits per heavy atom. The van der Waals surface area contributed by atoms with Gasteiger partial charge in [0, 0.05) is 19.4 Å². The molecular formula is C17H22N4O2. The van der Waals surface area contributed by atoms with Crippen LogP contribution in [0, 0.1) is 6.92 Å². The van der Waals surface area contributed by atoms with E-state index >= 15 is 0 Å². The first-order chi connectivity index (χ1) is 11.0. The van der Waals surface area contributed by atoms with Crippen molar-refractivity contribution in [1.29, 1.82) is 0 Å². The van der Waals surface area contributed by atoms with Crippen LogP contribution in [-0.2, 0) is 4.79 Å². The number of hydrogen-bond acceptors (Lipinski definition) is 3. The second-order valence-corrected chi connectivity index (χ2v) is 6.27. The number of pyridine rings is 1. The highest BCUT2D eigenvalue weighted by Gasteiger charge is 2.40. The molecule has 1 aliphatic rings. The van der Waals surface area contributed by atoms with Crippen LogP contribution in [0.15, 0.2) is 24.5 Å². The van der Waals surface area contributed by atoms with Gasteiger partial charge in [0.15, 0.2) is 0 Å². The van der Waals surface area contributed by atoms with Crippen LogP contribution in [0.1, 0.15) is 48.2 Å². The number of nitrogens with zero attached hydrogens (tertiary/aromatic N) is 2. The Morgan fingerprint density at radius 3 is 2.61 bits per heavy atom. The van der Waals surface area contributed by atoms with E-state index in [9.17, 15) is 9.59 Å². The van der Waals surface area contributed by atoms with Crippen LogP contribution in [0.25, 0.3) is 5.65 Å². The molecule has 0 bridgehead atoms. The Morgan fingerprint density at radius 2 is 1.91 bits per heavy atom. The van der Waals surface area contributed by atoms with Crippen LogP contribution in [-0.4, -0.2) is 33.8 Å². The molecule has 0 spiro atoms. The average Bonchev–Trinajstić information content (AvgIpc) is 2.98. The zero-order chi connectivity index (χ0) is 16.4. The summed E-state index contributed by atoms with van der Waals surface area (Å²) in [5, 5.41) is 5.64. The van der Waals surface area contributed by atoms with Crippen LogP contribution in [0.3, 0.4) is 0 Å². The van der Waals surface area contributed by atoms with Crippen molar-refractivity contribution in [3.63, 3.8) is 0 Å². The van der Waals surface area contributed by atoms with E-state index in [-0.39, 0.29) is 11.8 Å². The zero-order valence-electron chi connectivity index (χ0n) is 13.6. The molecule has 0 saturated heterocycles. The Balaban J connectivity index is 1.86. The molecule has 122 valence electrons. The molecule has 6 heteroatoms. The van der Waals surface area contributed by atoms with Crippen LogP contribution in [0.2, 0.25) is 0 Å². The lowest BCUT2D eigenvalue weighted by Crippen LogP contribution is -2.59. The van der Waals surface area contributed by atoms with Gasteiger partial charge in [0.1, 0.15) is 16.9 Å². The van der Waals surface area contributed by atoms with E-state index < -0.39 is 5.54 Å². The lowest BCUT2D eigenvalue weighted by Gasteiger charge is -2.35. The number of hydrogen-bond donors (Lipinski definition) is 2. The lowest BCUT2D eigenvalue weighted by atomic mass is 9.80. The molecule has 2 amide bonds. The standard InChI is InChI=1S/C17H22N4O2/c1-12-6-7-14-19-13(11-21(14)10-12)15(22)20-17(16(23)18-2)8-4-3-5-9-17/h6-7,10-11H,3-5,8-9H2,1-2H3,(H,18,23)(H,20,22). The number of aromatic nitrogens is 2. The number of aryl methyl sites for hydroxylation is 1. The summed E-state index contributed by atoms with van der Waals surface area (Å²) in [4.78, 5) is 29.3. The van der Waals surface area contributed by atoms with Crippen molar-refractivity contribution >= 4 is 17.5 Å². The Bertz CT molecular complexity index is 744. The van der Waals surface area contributed by atoms with E-state index in [0.29, 0.717) is 18.5 Å². The molecule has 2 aromatic rings. The number of imidazole rings is 1. The van der Waals surface area contributed by atoms with Crippen LogP contribution in [0.4, 0.5) is 0 Å². The fraction of sp³-hybridized carbons (Fsp3) is 0.471. The Hall–Kier alpha value is -2.37. The van der Waals surface area contributed by atoms with Crippen LogP contribution >= 0.6 is 0 Å². The topological polar surface area (TPSA) is 75.5 Å². The van der Waals surface area contributed by atoms with Gasteiger partial charge >= 0.3 is 0 Å². The fourth-order valence-electron chi connectivity index (χ4n) is 3.30. The van der Waals surface area contributed by atoms with Crippen molar-refractivity contribution in [3.05, 3.63) is 35.8 Å². The number of likely N-dealkylation sites (N-methyl/N-ethyl adjacent to an activating group) is 1. The maximum Gasteiger partial charge on any atom is 0.272 e. The molecule has 2 heterocycles. The fourth-order valence-corrected chi connectivity index (χ4v) is 3.30. The summed E-state index contributed by atoms with van der Waals surface area (Å²) in [6.07, 6.45) is 7.96. The molecule has 2 N–H and O–H groups in total. The highest BCUT2D eigenvalue weighted by Crippen LogP contribution is 2.28. The maximum absolute atomic E-state index is 12.6. The molecule has 1 aliphatic carbocycles. The van der Waals surface area contributed by atoms with E-state index in [1.807, 2.05) is 29.7 Å². The third kappa shape index (κ3) is 2.93. The SMILES string of the molecule is CNC(=O)C1(NC(=O)c2cn3cc(C)ccc3n2)CCCCC1. The zero-order valence-corrected chi connectivity index (χ0v) is 13.6. The lowest BCUT2D eigenvalue weighted by molar-refractivity contribution is -0.128. The smallest absolute Gasteiger partial charge is 0.272 e. The maximum atomic E-state index is 12.6. The molecule has 0 aliphatic heterocycles. The molecule has 0 radical (unpaired) electrons. The first kappa shape index (κ1) is 15.5. The first-order valence-corrected chi connectivity index (χ1v) is 8.04. The molecule has 0 aromatic carbocycles. The van der Waals surface area contributed by atoms with Gasteiger partial charge in [-0.2, -0.15) is 0 Å². The number of nitrogens with one attached hydrogen (secondary N) is 2. The van der Waals surface area contributed by atoms with Crippen LogP contribution in [0.5, 0.6) is 0 Å². The predicted octanol–water partition coefficient (Wildman–Crippen LogP) is 1.82. The van der Waals surface area contributed by atoms with Crippen molar-refractivity contribution < 1.29 is 9.59 Å². The van der Waals surface area contributed by atoms with Crippen molar-refractivity contribution in [2.75, 3.05) is 7.05 Å². The van der Waals surface area contributed by atoms with E-state index in [1.165, 1.54) is 0 Å². The molecule has 2 aromatic heterocycles. The number of fused-ring (bicyclic) bond motifs is 1. The summed E-state index contributed by atoms with van der Waals surface area (Å²) in [6.45, 7) is 1.99. The molecule has 1 saturated carbocycles. The summed E-state index contributed by atoms with van der Waals surface area (Å²) in [5.41, 5.74) is 1.34. The molecular weight excluding hydrogens is 292 g/mol. The van der Waals surface area contributed by atoms with Gasteiger partial charge in [-0.1, -0.05) is 25.3 Å². The van der Waals surface area contributed by atoms with Gasteiger partial charge in [0.25, 0.3) is 5.91 Å². The normalized spacial score (nSPS) is 17.0. The number of carbonyl (C=O) groups excluding carboxylic acids is 2. The summed E-state index contributed by atoms with van der Waals surface area (Å²) in [5.74, 6) is -0.415. The second kappa shape index (κ2) is 6.02. The number of carbonyl (C=O) groups is 2. The molecule has 0 unspecified atom stereocenters. The second-order valence-electron chi connectivity index (χ2n) is 6.27. The van der Waals surface area contributed by atoms with E-state index in [0.717, 1.165) is 30.5 Å². The largest absolute Gasteiger partial charge is 0.357 e. The molecule has 3 rings (SSSR count). The van der Waals surface area contributed by atoms with Gasteiger partial charge in [-0.25, -0.2) is 4.98 Å². The van der Waals surface area contributed by atoms with Gasteiger partial charge in [0.05, 0.1) is 0 Å². The minimum atomic E-state index is -0.810. The highest BCUT2D eigenvalue weighted by atomic mass is 16.2. The van der Waals surface area contributed by atoms with Crippen molar-refractivity contribution in [2.24, 2.45) is 0 Å². The van der Waals surface area contributed by atoms with E-state index in [1.54, 1.807) is 13.2 Å². The van der Waals surface area contributed by atoms with Crippen molar-refractivity contribution in [1.82, 2.24) is 20.0 Å². The van der Waals surface area contributed by atoms with Gasteiger partial charge in [-0.05, 0) is 31.4 Å². The first-order valence-electron chi connectivity index (χ1n) is 8.04. The monoisotopic (exact) mass is 314 g/mol. The molecule has 0 atom stereocenters. The molecule has 6 nitrogen and oxygen atoms in total. The molecule has 1 fully saturated rings. The van der Waals surface area contributed by atoms with Gasteiger partial charge in [-0.15, -0.1) is 0 Å². The predicted molar refractivity (Wildman–Crippen MR) is 87.3 cm³/mol.